The molecule has 0 saturated heterocycles. The molecule has 2 rings (SSSR count). The van der Waals surface area contributed by atoms with Crippen LogP contribution < -0.4 is 4.74 Å². The number of carbonyl (C=O) groups is 1. The molecule has 4 nitrogen and oxygen atoms in total. The van der Waals surface area contributed by atoms with Gasteiger partial charge in [0.15, 0.2) is 0 Å². The van der Waals surface area contributed by atoms with Crippen LogP contribution in [0.15, 0.2) is 41.6 Å². The number of rotatable bonds is 10. The van der Waals surface area contributed by atoms with Gasteiger partial charge in [0, 0.05) is 29.7 Å². The molecule has 0 radical (unpaired) electrons. The highest BCUT2D eigenvalue weighted by Crippen LogP contribution is 2.31. The van der Waals surface area contributed by atoms with Gasteiger partial charge < -0.3 is 9.84 Å². The number of nitrogens with zero attached hydrogens (tertiary/aromatic N) is 1. The number of benzene rings is 1. The number of thioether (sulfide) groups is 1. The summed E-state index contributed by atoms with van der Waals surface area (Å²) in [5, 5.41) is 11.4. The molecule has 0 amide bonds. The lowest BCUT2D eigenvalue weighted by atomic mass is 9.98. The van der Waals surface area contributed by atoms with Crippen molar-refractivity contribution in [3.8, 4) is 11.5 Å². The van der Waals surface area contributed by atoms with Crippen molar-refractivity contribution in [2.24, 2.45) is 5.92 Å². The summed E-state index contributed by atoms with van der Waals surface area (Å²) in [4.78, 5) is 16.2. The molecule has 0 unspecified atom stereocenters. The third-order valence-corrected chi connectivity index (χ3v) is 5.19. The van der Waals surface area contributed by atoms with Gasteiger partial charge in [0.25, 0.3) is 0 Å². The van der Waals surface area contributed by atoms with E-state index in [-0.39, 0.29) is 23.9 Å². The van der Waals surface area contributed by atoms with E-state index >= 15 is 0 Å². The molecule has 140 valence electrons. The summed E-state index contributed by atoms with van der Waals surface area (Å²) in [5.41, 5.74) is 1.36. The maximum atomic E-state index is 11.9. The lowest BCUT2D eigenvalue weighted by Gasteiger charge is -2.13. The first kappa shape index (κ1) is 20.3. The third-order valence-electron chi connectivity index (χ3n) is 4.16. The monoisotopic (exact) mass is 373 g/mol. The normalized spacial score (nSPS) is 10.9. The van der Waals surface area contributed by atoms with Crippen LogP contribution >= 0.6 is 11.8 Å². The largest absolute Gasteiger partial charge is 0.507 e. The van der Waals surface area contributed by atoms with Crippen molar-refractivity contribution >= 4 is 17.5 Å². The van der Waals surface area contributed by atoms with Crippen LogP contribution in [0, 0.1) is 12.8 Å². The number of aromatic hydroxyl groups is 1. The van der Waals surface area contributed by atoms with Gasteiger partial charge in [0.05, 0.1) is 11.6 Å². The van der Waals surface area contributed by atoms with Crippen LogP contribution in [0.1, 0.15) is 37.8 Å². The fourth-order valence-electron chi connectivity index (χ4n) is 2.42. The molecule has 0 aliphatic rings. The van der Waals surface area contributed by atoms with Crippen molar-refractivity contribution in [3.05, 3.63) is 47.7 Å². The standard InChI is InChI=1S/C21H27NO3S/c1-15(2)18(23)14-17-9-10-19(16(3)21(17)24)25-12-6-7-13-26-20-8-4-5-11-22-20/h4-5,8-11,15,24H,6-7,12-14H2,1-3H3. The molecule has 0 fully saturated rings. The highest BCUT2D eigenvalue weighted by molar-refractivity contribution is 7.99. The van der Waals surface area contributed by atoms with Gasteiger partial charge in [-0.25, -0.2) is 4.98 Å². The van der Waals surface area contributed by atoms with Crippen molar-refractivity contribution < 1.29 is 14.6 Å². The molecule has 26 heavy (non-hydrogen) atoms. The molecule has 0 bridgehead atoms. The number of hydrogen-bond donors (Lipinski definition) is 1. The van der Waals surface area contributed by atoms with E-state index in [1.807, 2.05) is 45.0 Å². The number of ketones is 1. The summed E-state index contributed by atoms with van der Waals surface area (Å²) in [5.74, 6) is 1.94. The average molecular weight is 374 g/mol. The number of carbonyl (C=O) groups excluding carboxylic acids is 1. The smallest absolute Gasteiger partial charge is 0.139 e. The van der Waals surface area contributed by atoms with Gasteiger partial charge in [0.2, 0.25) is 0 Å². The first-order chi connectivity index (χ1) is 12.5. The Balaban J connectivity index is 1.77. The van der Waals surface area contributed by atoms with Crippen molar-refractivity contribution in [1.29, 1.82) is 0 Å². The molecule has 1 aromatic carbocycles. The third kappa shape index (κ3) is 6.06. The number of phenols is 1. The summed E-state index contributed by atoms with van der Waals surface area (Å²) < 4.78 is 5.81. The number of Topliss-reactive ketones (excluding diaryl/α,β-unsaturated/α-hetero) is 1. The Labute approximate surface area is 160 Å². The Bertz CT molecular complexity index is 717. The van der Waals surface area contributed by atoms with Crippen LogP contribution in [0.25, 0.3) is 0 Å². The van der Waals surface area contributed by atoms with Gasteiger partial charge >= 0.3 is 0 Å². The van der Waals surface area contributed by atoms with Crippen molar-refractivity contribution in [2.75, 3.05) is 12.4 Å². The van der Waals surface area contributed by atoms with E-state index in [1.54, 1.807) is 24.0 Å². The fourth-order valence-corrected chi connectivity index (χ4v) is 3.29. The van der Waals surface area contributed by atoms with Gasteiger partial charge in [-0.05, 0) is 43.7 Å². The molecule has 2 aromatic rings. The number of phenolic OH excluding ortho intramolecular Hbond substituents is 1. The highest BCUT2D eigenvalue weighted by atomic mass is 32.2. The molecule has 1 aromatic heterocycles. The van der Waals surface area contributed by atoms with Gasteiger partial charge in [-0.2, -0.15) is 0 Å². The first-order valence-corrected chi connectivity index (χ1v) is 9.98. The second kappa shape index (κ2) is 10.2. The molecule has 0 aliphatic carbocycles. The van der Waals surface area contributed by atoms with Crippen molar-refractivity contribution in [3.63, 3.8) is 0 Å². The maximum absolute atomic E-state index is 11.9. The highest BCUT2D eigenvalue weighted by Gasteiger charge is 2.15. The lowest BCUT2D eigenvalue weighted by Crippen LogP contribution is -2.10. The topological polar surface area (TPSA) is 59.4 Å². The maximum Gasteiger partial charge on any atom is 0.139 e. The molecule has 5 heteroatoms. The Kier molecular flexibility index (Phi) is 7.98. The first-order valence-electron chi connectivity index (χ1n) is 8.99. The van der Waals surface area contributed by atoms with Gasteiger partial charge in [-0.1, -0.05) is 26.0 Å². The van der Waals surface area contributed by atoms with Crippen LogP contribution in [0.4, 0.5) is 0 Å². The van der Waals surface area contributed by atoms with E-state index in [2.05, 4.69) is 4.98 Å². The summed E-state index contributed by atoms with van der Waals surface area (Å²) >= 11 is 1.74. The molecule has 1 N–H and O–H groups in total. The zero-order valence-electron chi connectivity index (χ0n) is 15.7. The molecule has 0 aliphatic heterocycles. The summed E-state index contributed by atoms with van der Waals surface area (Å²) in [6.45, 7) is 6.17. The Morgan fingerprint density at radius 2 is 2.04 bits per heavy atom. The van der Waals surface area contributed by atoms with E-state index in [4.69, 9.17) is 4.74 Å². The van der Waals surface area contributed by atoms with E-state index in [1.165, 1.54) is 0 Å². The Morgan fingerprint density at radius 1 is 1.23 bits per heavy atom. The fraction of sp³-hybridized carbons (Fsp3) is 0.429. The summed E-state index contributed by atoms with van der Waals surface area (Å²) in [6, 6.07) is 9.56. The zero-order valence-corrected chi connectivity index (χ0v) is 16.5. The minimum atomic E-state index is -0.0328. The van der Waals surface area contributed by atoms with Gasteiger partial charge in [-0.15, -0.1) is 11.8 Å². The minimum Gasteiger partial charge on any atom is -0.507 e. The lowest BCUT2D eigenvalue weighted by molar-refractivity contribution is -0.121. The summed E-state index contributed by atoms with van der Waals surface area (Å²) in [7, 11) is 0. The number of pyridine rings is 1. The quantitative estimate of drug-likeness (QED) is 0.478. The van der Waals surface area contributed by atoms with Crippen LogP contribution in [-0.4, -0.2) is 28.2 Å². The van der Waals surface area contributed by atoms with Crippen molar-refractivity contribution in [1.82, 2.24) is 4.98 Å². The van der Waals surface area contributed by atoms with Crippen LogP contribution in [-0.2, 0) is 11.2 Å². The zero-order chi connectivity index (χ0) is 18.9. The molecular weight excluding hydrogens is 346 g/mol. The van der Waals surface area contributed by atoms with Gasteiger partial charge in [0.1, 0.15) is 17.3 Å². The average Bonchev–Trinajstić information content (AvgIpc) is 2.64. The van der Waals surface area contributed by atoms with Crippen LogP contribution in [0.3, 0.4) is 0 Å². The Hall–Kier alpha value is -2.01. The van der Waals surface area contributed by atoms with Gasteiger partial charge in [-0.3, -0.25) is 4.79 Å². The van der Waals surface area contributed by atoms with E-state index in [0.717, 1.165) is 23.6 Å². The number of ether oxygens (including phenoxy) is 1. The molecular formula is C21H27NO3S. The molecule has 0 saturated carbocycles. The molecule has 1 heterocycles. The summed E-state index contributed by atoms with van der Waals surface area (Å²) in [6.07, 6.45) is 4.04. The van der Waals surface area contributed by atoms with E-state index < -0.39 is 0 Å². The van der Waals surface area contributed by atoms with E-state index in [9.17, 15) is 9.90 Å². The number of hydrogen-bond acceptors (Lipinski definition) is 5. The number of aromatic nitrogens is 1. The Morgan fingerprint density at radius 3 is 2.73 bits per heavy atom. The predicted molar refractivity (Wildman–Crippen MR) is 106 cm³/mol. The van der Waals surface area contributed by atoms with Crippen LogP contribution in [0.5, 0.6) is 11.5 Å². The second-order valence-corrected chi connectivity index (χ2v) is 7.68. The molecule has 0 atom stereocenters. The van der Waals surface area contributed by atoms with Crippen molar-refractivity contribution in [2.45, 2.75) is 45.1 Å². The second-order valence-electron chi connectivity index (χ2n) is 6.57. The predicted octanol–water partition coefficient (Wildman–Crippen LogP) is 4.81. The molecule has 0 spiro atoms. The SMILES string of the molecule is Cc1c(OCCCCSc2ccccn2)ccc(CC(=O)C(C)C)c1O. The van der Waals surface area contributed by atoms with Crippen LogP contribution in [0.2, 0.25) is 0 Å². The van der Waals surface area contributed by atoms with E-state index in [0.29, 0.717) is 23.5 Å². The number of unbranched alkanes of at least 4 members (excludes halogenated alkanes) is 1. The minimum absolute atomic E-state index is 0.0328.